The van der Waals surface area contributed by atoms with Crippen LogP contribution in [-0.4, -0.2) is 37.7 Å². The molecule has 0 aliphatic carbocycles. The fraction of sp³-hybridized carbons (Fsp3) is 0.316. The third kappa shape index (κ3) is 5.76. The van der Waals surface area contributed by atoms with Gasteiger partial charge in [-0.3, -0.25) is 14.9 Å². The van der Waals surface area contributed by atoms with Gasteiger partial charge in [0.25, 0.3) is 5.69 Å². The Bertz CT molecular complexity index is 852. The quantitative estimate of drug-likeness (QED) is 0.273. The molecular weight excluding hydrogens is 364 g/mol. The Morgan fingerprint density at radius 3 is 2.46 bits per heavy atom. The number of rotatable bonds is 9. The summed E-state index contributed by atoms with van der Waals surface area (Å²) in [5.74, 6) is -0.0225. The number of anilines is 1. The molecule has 0 N–H and O–H groups in total. The molecule has 0 saturated carbocycles. The van der Waals surface area contributed by atoms with E-state index in [2.05, 4.69) is 15.1 Å². The van der Waals surface area contributed by atoms with Gasteiger partial charge < -0.3 is 14.4 Å². The van der Waals surface area contributed by atoms with Crippen molar-refractivity contribution < 1.29 is 19.2 Å². The summed E-state index contributed by atoms with van der Waals surface area (Å²) in [5.41, 5.74) is 1.92. The lowest BCUT2D eigenvalue weighted by Gasteiger charge is -2.22. The van der Waals surface area contributed by atoms with Crippen LogP contribution >= 0.6 is 0 Å². The van der Waals surface area contributed by atoms with Crippen LogP contribution in [0.3, 0.4) is 0 Å². The molecule has 0 radical (unpaired) electrons. The first-order valence-corrected chi connectivity index (χ1v) is 8.67. The minimum Gasteiger partial charge on any atom is -0.494 e. The first-order chi connectivity index (χ1) is 13.4. The Labute approximate surface area is 162 Å². The second-order valence-corrected chi connectivity index (χ2v) is 5.75. The number of nitrogens with zero attached hydrogens (tertiary/aromatic N) is 4. The standard InChI is InChI=1S/C19H22N4O5/c1-4-22(11-12-28-14(2)24)16-7-5-15(6-8-16)20-21-18-10-9-17(23(25)26)13-19(18)27-3/h5-10,13H,4,11-12H2,1-3H3. The van der Waals surface area contributed by atoms with Crippen LogP contribution < -0.4 is 9.64 Å². The normalized spacial score (nSPS) is 10.7. The Morgan fingerprint density at radius 2 is 1.89 bits per heavy atom. The van der Waals surface area contributed by atoms with E-state index in [1.54, 1.807) is 0 Å². The number of azo groups is 1. The number of non-ortho nitro benzene ring substituents is 1. The van der Waals surface area contributed by atoms with Crippen LogP contribution in [0.2, 0.25) is 0 Å². The second-order valence-electron chi connectivity index (χ2n) is 5.75. The molecular formula is C19H22N4O5. The highest BCUT2D eigenvalue weighted by Gasteiger charge is 2.11. The zero-order valence-electron chi connectivity index (χ0n) is 16.0. The maximum Gasteiger partial charge on any atom is 0.302 e. The second kappa shape index (κ2) is 10.0. The minimum absolute atomic E-state index is 0.0754. The van der Waals surface area contributed by atoms with Crippen LogP contribution in [0, 0.1) is 10.1 Å². The molecule has 28 heavy (non-hydrogen) atoms. The van der Waals surface area contributed by atoms with Gasteiger partial charge in [-0.2, -0.15) is 5.11 Å². The zero-order chi connectivity index (χ0) is 20.5. The summed E-state index contributed by atoms with van der Waals surface area (Å²) in [7, 11) is 1.42. The number of methoxy groups -OCH3 is 1. The van der Waals surface area contributed by atoms with Crippen LogP contribution in [0.1, 0.15) is 13.8 Å². The largest absolute Gasteiger partial charge is 0.494 e. The van der Waals surface area contributed by atoms with E-state index in [1.807, 2.05) is 31.2 Å². The zero-order valence-corrected chi connectivity index (χ0v) is 16.0. The monoisotopic (exact) mass is 386 g/mol. The van der Waals surface area contributed by atoms with Crippen molar-refractivity contribution in [3.05, 3.63) is 52.6 Å². The van der Waals surface area contributed by atoms with E-state index in [-0.39, 0.29) is 17.4 Å². The van der Waals surface area contributed by atoms with Crippen molar-refractivity contribution in [3.63, 3.8) is 0 Å². The van der Waals surface area contributed by atoms with Gasteiger partial charge in [-0.25, -0.2) is 0 Å². The summed E-state index contributed by atoms with van der Waals surface area (Å²) in [6, 6.07) is 11.6. The lowest BCUT2D eigenvalue weighted by molar-refractivity contribution is -0.384. The molecule has 9 nitrogen and oxygen atoms in total. The SMILES string of the molecule is CCN(CCOC(C)=O)c1ccc(N=Nc2ccc([N+](=O)[O-])cc2OC)cc1. The van der Waals surface area contributed by atoms with E-state index < -0.39 is 4.92 Å². The van der Waals surface area contributed by atoms with Crippen LogP contribution in [-0.2, 0) is 9.53 Å². The first-order valence-electron chi connectivity index (χ1n) is 8.67. The van der Waals surface area contributed by atoms with E-state index in [4.69, 9.17) is 9.47 Å². The molecule has 0 atom stereocenters. The number of hydrogen-bond acceptors (Lipinski definition) is 8. The summed E-state index contributed by atoms with van der Waals surface area (Å²) in [6.45, 7) is 5.09. The Hall–Kier alpha value is -3.49. The molecule has 0 amide bonds. The summed E-state index contributed by atoms with van der Waals surface area (Å²) in [6.07, 6.45) is 0. The topological polar surface area (TPSA) is 107 Å². The number of esters is 1. The maximum absolute atomic E-state index is 10.9. The number of likely N-dealkylation sites (N-methyl/N-ethyl adjacent to an activating group) is 1. The molecule has 0 bridgehead atoms. The molecule has 0 unspecified atom stereocenters. The van der Waals surface area contributed by atoms with E-state index in [0.29, 0.717) is 24.5 Å². The van der Waals surface area contributed by atoms with Gasteiger partial charge in [0.15, 0.2) is 5.75 Å². The van der Waals surface area contributed by atoms with E-state index in [1.165, 1.54) is 32.2 Å². The lowest BCUT2D eigenvalue weighted by atomic mass is 10.2. The summed E-state index contributed by atoms with van der Waals surface area (Å²) in [4.78, 5) is 23.3. The average Bonchev–Trinajstić information content (AvgIpc) is 2.69. The van der Waals surface area contributed by atoms with Gasteiger partial charge in [0.05, 0.1) is 30.3 Å². The number of ether oxygens (including phenoxy) is 2. The smallest absolute Gasteiger partial charge is 0.302 e. The molecule has 2 rings (SSSR count). The van der Waals surface area contributed by atoms with Gasteiger partial charge in [-0.1, -0.05) is 0 Å². The van der Waals surface area contributed by atoms with Crippen LogP contribution in [0.4, 0.5) is 22.7 Å². The van der Waals surface area contributed by atoms with Crippen LogP contribution in [0.5, 0.6) is 5.75 Å². The fourth-order valence-electron chi connectivity index (χ4n) is 2.47. The van der Waals surface area contributed by atoms with E-state index >= 15 is 0 Å². The Kier molecular flexibility index (Phi) is 7.44. The molecule has 0 aromatic heterocycles. The average molecular weight is 386 g/mol. The van der Waals surface area contributed by atoms with Gasteiger partial charge in [-0.15, -0.1) is 5.11 Å². The molecule has 2 aromatic carbocycles. The van der Waals surface area contributed by atoms with Crippen LogP contribution in [0.15, 0.2) is 52.7 Å². The van der Waals surface area contributed by atoms with Crippen molar-refractivity contribution in [1.82, 2.24) is 0 Å². The highest BCUT2D eigenvalue weighted by Crippen LogP contribution is 2.32. The Balaban J connectivity index is 2.09. The number of carbonyl (C=O) groups excluding carboxylic acids is 1. The van der Waals surface area contributed by atoms with Crippen molar-refractivity contribution in [2.45, 2.75) is 13.8 Å². The van der Waals surface area contributed by atoms with Crippen molar-refractivity contribution >= 4 is 28.7 Å². The van der Waals surface area contributed by atoms with E-state index in [0.717, 1.165) is 12.2 Å². The minimum atomic E-state index is -0.497. The number of benzene rings is 2. The molecule has 0 aliphatic heterocycles. The molecule has 0 aliphatic rings. The van der Waals surface area contributed by atoms with Crippen LogP contribution in [0.25, 0.3) is 0 Å². The molecule has 0 spiro atoms. The summed E-state index contributed by atoms with van der Waals surface area (Å²) < 4.78 is 10.1. The van der Waals surface area contributed by atoms with Gasteiger partial charge >= 0.3 is 5.97 Å². The number of carbonyl (C=O) groups is 1. The molecule has 148 valence electrons. The summed E-state index contributed by atoms with van der Waals surface area (Å²) in [5, 5.41) is 19.1. The predicted octanol–water partition coefficient (Wildman–Crippen LogP) is 4.41. The number of nitro benzene ring substituents is 1. The van der Waals surface area contributed by atoms with Crippen molar-refractivity contribution in [2.75, 3.05) is 31.7 Å². The predicted molar refractivity (Wildman–Crippen MR) is 105 cm³/mol. The van der Waals surface area contributed by atoms with Gasteiger partial charge in [-0.05, 0) is 37.3 Å². The third-order valence-corrected chi connectivity index (χ3v) is 3.91. The van der Waals surface area contributed by atoms with E-state index in [9.17, 15) is 14.9 Å². The highest BCUT2D eigenvalue weighted by molar-refractivity contribution is 5.66. The highest BCUT2D eigenvalue weighted by atomic mass is 16.6. The maximum atomic E-state index is 10.9. The molecule has 9 heteroatoms. The third-order valence-electron chi connectivity index (χ3n) is 3.91. The molecule has 2 aromatic rings. The lowest BCUT2D eigenvalue weighted by Crippen LogP contribution is -2.27. The fourth-order valence-corrected chi connectivity index (χ4v) is 2.47. The number of hydrogen-bond donors (Lipinski definition) is 0. The van der Waals surface area contributed by atoms with Gasteiger partial charge in [0.1, 0.15) is 12.3 Å². The number of nitro groups is 1. The van der Waals surface area contributed by atoms with Gasteiger partial charge in [0.2, 0.25) is 0 Å². The van der Waals surface area contributed by atoms with Gasteiger partial charge in [0, 0.05) is 25.2 Å². The molecule has 0 fully saturated rings. The van der Waals surface area contributed by atoms with Crippen molar-refractivity contribution in [1.29, 1.82) is 0 Å². The van der Waals surface area contributed by atoms with Crippen molar-refractivity contribution in [3.8, 4) is 5.75 Å². The Morgan fingerprint density at radius 1 is 1.18 bits per heavy atom. The molecule has 0 heterocycles. The molecule has 0 saturated heterocycles. The summed E-state index contributed by atoms with van der Waals surface area (Å²) >= 11 is 0. The first kappa shape index (κ1) is 20.8. The van der Waals surface area contributed by atoms with Crippen molar-refractivity contribution in [2.24, 2.45) is 10.2 Å².